The molecule has 0 aromatic heterocycles. The molecular weight excluding hydrogens is 200 g/mol. The lowest BCUT2D eigenvalue weighted by molar-refractivity contribution is -0.0868. The highest BCUT2D eigenvalue weighted by Crippen LogP contribution is 2.51. The van der Waals surface area contributed by atoms with Gasteiger partial charge in [-0.2, -0.15) is 0 Å². The Morgan fingerprint density at radius 1 is 1.31 bits per heavy atom. The van der Waals surface area contributed by atoms with Crippen LogP contribution in [-0.4, -0.2) is 23.9 Å². The third-order valence-corrected chi connectivity index (χ3v) is 3.71. The molecule has 1 aromatic carbocycles. The zero-order valence-electron chi connectivity index (χ0n) is 10.2. The fraction of sp³-hybridized carbons (Fsp3) is 0.571. The Hall–Kier alpha value is -0.860. The van der Waals surface area contributed by atoms with Gasteiger partial charge in [0.1, 0.15) is 0 Å². The van der Waals surface area contributed by atoms with E-state index < -0.39 is 5.60 Å². The van der Waals surface area contributed by atoms with Crippen LogP contribution in [0.5, 0.6) is 0 Å². The molecule has 1 aromatic rings. The summed E-state index contributed by atoms with van der Waals surface area (Å²) in [4.78, 5) is 0. The molecule has 1 saturated carbocycles. The first-order valence-corrected chi connectivity index (χ1v) is 5.84. The minimum absolute atomic E-state index is 0.345. The highest BCUT2D eigenvalue weighted by Gasteiger charge is 2.48. The van der Waals surface area contributed by atoms with Crippen LogP contribution in [0.4, 0.5) is 0 Å². The summed E-state index contributed by atoms with van der Waals surface area (Å²) in [6.45, 7) is 3.88. The highest BCUT2D eigenvalue weighted by molar-refractivity contribution is 5.26. The van der Waals surface area contributed by atoms with Gasteiger partial charge in [0.2, 0.25) is 0 Å². The minimum Gasteiger partial charge on any atom is -0.390 e. The molecule has 16 heavy (non-hydrogen) atoms. The summed E-state index contributed by atoms with van der Waals surface area (Å²) in [5.74, 6) is 0.850. The fourth-order valence-electron chi connectivity index (χ4n) is 2.28. The van der Waals surface area contributed by atoms with Crippen molar-refractivity contribution in [3.8, 4) is 0 Å². The molecule has 0 bridgehead atoms. The molecule has 1 aliphatic rings. The molecule has 0 heterocycles. The predicted molar refractivity (Wildman–Crippen MR) is 64.4 cm³/mol. The molecule has 0 amide bonds. The van der Waals surface area contributed by atoms with Gasteiger partial charge in [0.15, 0.2) is 0 Å². The van der Waals surface area contributed by atoms with Crippen molar-refractivity contribution in [2.75, 3.05) is 7.11 Å². The number of benzene rings is 1. The first-order chi connectivity index (χ1) is 7.56. The van der Waals surface area contributed by atoms with Crippen LogP contribution in [0.1, 0.15) is 31.7 Å². The number of ether oxygens (including phenoxy) is 1. The normalized spacial score (nSPS) is 26.5. The van der Waals surface area contributed by atoms with Crippen LogP contribution in [0.3, 0.4) is 0 Å². The van der Waals surface area contributed by atoms with Gasteiger partial charge in [-0.05, 0) is 37.7 Å². The molecule has 0 radical (unpaired) electrons. The summed E-state index contributed by atoms with van der Waals surface area (Å²) in [6.07, 6.45) is 0.681. The molecule has 0 spiro atoms. The number of hydrogen-bond acceptors (Lipinski definition) is 2. The lowest BCUT2D eigenvalue weighted by atomic mass is 9.95. The minimum atomic E-state index is -0.450. The molecule has 0 saturated heterocycles. The van der Waals surface area contributed by atoms with E-state index in [4.69, 9.17) is 4.74 Å². The zero-order chi connectivity index (χ0) is 11.8. The summed E-state index contributed by atoms with van der Waals surface area (Å²) >= 11 is 0. The van der Waals surface area contributed by atoms with E-state index in [1.807, 2.05) is 19.9 Å². The first-order valence-electron chi connectivity index (χ1n) is 5.84. The van der Waals surface area contributed by atoms with Crippen molar-refractivity contribution in [3.05, 3.63) is 35.9 Å². The Kier molecular flexibility index (Phi) is 3.04. The van der Waals surface area contributed by atoms with Crippen LogP contribution in [0.15, 0.2) is 30.3 Å². The van der Waals surface area contributed by atoms with E-state index in [0.29, 0.717) is 11.8 Å². The topological polar surface area (TPSA) is 29.5 Å². The first kappa shape index (κ1) is 11.6. The monoisotopic (exact) mass is 220 g/mol. The standard InChI is InChI=1S/C14H20O2/c1-14(2,16-3)13(15)12-9-11(12)10-7-5-4-6-8-10/h4-8,11-13,15H,9H2,1-3H3. The number of hydrogen-bond donors (Lipinski definition) is 1. The maximum Gasteiger partial charge on any atom is 0.0883 e. The molecule has 2 heteroatoms. The van der Waals surface area contributed by atoms with Gasteiger partial charge in [-0.1, -0.05) is 30.3 Å². The third-order valence-electron chi connectivity index (χ3n) is 3.71. The average molecular weight is 220 g/mol. The fourth-order valence-corrected chi connectivity index (χ4v) is 2.28. The summed E-state index contributed by atoms with van der Waals surface area (Å²) in [5.41, 5.74) is 0.882. The maximum atomic E-state index is 10.2. The Morgan fingerprint density at radius 2 is 1.94 bits per heavy atom. The molecule has 88 valence electrons. The second kappa shape index (κ2) is 4.19. The molecule has 0 aliphatic heterocycles. The molecule has 2 rings (SSSR count). The number of aliphatic hydroxyl groups excluding tert-OH is 1. The summed E-state index contributed by atoms with van der Waals surface area (Å²) in [5, 5.41) is 10.2. The van der Waals surface area contributed by atoms with E-state index in [1.165, 1.54) is 5.56 Å². The largest absolute Gasteiger partial charge is 0.390 e. The van der Waals surface area contributed by atoms with E-state index in [-0.39, 0.29) is 6.10 Å². The summed E-state index contributed by atoms with van der Waals surface area (Å²) in [7, 11) is 1.66. The lowest BCUT2D eigenvalue weighted by Crippen LogP contribution is -2.39. The van der Waals surface area contributed by atoms with Crippen molar-refractivity contribution in [3.63, 3.8) is 0 Å². The van der Waals surface area contributed by atoms with Crippen molar-refractivity contribution < 1.29 is 9.84 Å². The smallest absolute Gasteiger partial charge is 0.0883 e. The van der Waals surface area contributed by atoms with Gasteiger partial charge in [-0.15, -0.1) is 0 Å². The average Bonchev–Trinajstić information content (AvgIpc) is 3.09. The Bertz CT molecular complexity index is 345. The number of methoxy groups -OCH3 is 1. The van der Waals surface area contributed by atoms with Gasteiger partial charge in [-0.3, -0.25) is 0 Å². The second-order valence-electron chi connectivity index (χ2n) is 5.17. The maximum absolute atomic E-state index is 10.2. The number of rotatable bonds is 4. The highest BCUT2D eigenvalue weighted by atomic mass is 16.5. The van der Waals surface area contributed by atoms with Crippen LogP contribution >= 0.6 is 0 Å². The van der Waals surface area contributed by atoms with E-state index in [9.17, 15) is 5.11 Å². The van der Waals surface area contributed by atoms with Gasteiger partial charge in [-0.25, -0.2) is 0 Å². The summed E-state index contributed by atoms with van der Waals surface area (Å²) in [6, 6.07) is 10.4. The molecule has 1 fully saturated rings. The van der Waals surface area contributed by atoms with Crippen molar-refractivity contribution in [1.82, 2.24) is 0 Å². The summed E-state index contributed by atoms with van der Waals surface area (Å²) < 4.78 is 5.33. The lowest BCUT2D eigenvalue weighted by Gasteiger charge is -2.29. The van der Waals surface area contributed by atoms with E-state index in [1.54, 1.807) is 7.11 Å². The molecular formula is C14H20O2. The van der Waals surface area contributed by atoms with Gasteiger partial charge in [0.25, 0.3) is 0 Å². The van der Waals surface area contributed by atoms with E-state index in [0.717, 1.165) is 6.42 Å². The van der Waals surface area contributed by atoms with Crippen LogP contribution < -0.4 is 0 Å². The molecule has 3 unspecified atom stereocenters. The van der Waals surface area contributed by atoms with Gasteiger partial charge in [0.05, 0.1) is 11.7 Å². The Balaban J connectivity index is 2.02. The Morgan fingerprint density at radius 3 is 2.50 bits per heavy atom. The zero-order valence-corrected chi connectivity index (χ0v) is 10.2. The van der Waals surface area contributed by atoms with Crippen LogP contribution in [0.2, 0.25) is 0 Å². The van der Waals surface area contributed by atoms with Crippen LogP contribution in [0, 0.1) is 5.92 Å². The molecule has 2 nitrogen and oxygen atoms in total. The molecule has 1 aliphatic carbocycles. The van der Waals surface area contributed by atoms with E-state index in [2.05, 4.69) is 24.3 Å². The molecule has 1 N–H and O–H groups in total. The predicted octanol–water partition coefficient (Wildman–Crippen LogP) is 2.58. The quantitative estimate of drug-likeness (QED) is 0.845. The second-order valence-corrected chi connectivity index (χ2v) is 5.17. The van der Waals surface area contributed by atoms with Crippen LogP contribution in [0.25, 0.3) is 0 Å². The number of aliphatic hydroxyl groups is 1. The molecule has 3 atom stereocenters. The van der Waals surface area contributed by atoms with E-state index >= 15 is 0 Å². The Labute approximate surface area is 97.3 Å². The van der Waals surface area contributed by atoms with Crippen molar-refractivity contribution >= 4 is 0 Å². The SMILES string of the molecule is COC(C)(C)C(O)C1CC1c1ccccc1. The van der Waals surface area contributed by atoms with Crippen LogP contribution in [-0.2, 0) is 4.74 Å². The van der Waals surface area contributed by atoms with Gasteiger partial charge in [0, 0.05) is 7.11 Å². The van der Waals surface area contributed by atoms with Crippen molar-refractivity contribution in [1.29, 1.82) is 0 Å². The van der Waals surface area contributed by atoms with Gasteiger partial charge >= 0.3 is 0 Å². The van der Waals surface area contributed by atoms with Crippen molar-refractivity contribution in [2.45, 2.75) is 37.9 Å². The van der Waals surface area contributed by atoms with Crippen molar-refractivity contribution in [2.24, 2.45) is 5.92 Å². The third kappa shape index (κ3) is 2.13. The van der Waals surface area contributed by atoms with Gasteiger partial charge < -0.3 is 9.84 Å².